The molecule has 1 aromatic rings. The maximum Gasteiger partial charge on any atom is 0.243 e. The number of hydrogen-bond acceptors (Lipinski definition) is 4. The van der Waals surface area contributed by atoms with Crippen LogP contribution in [0.2, 0.25) is 0 Å². The van der Waals surface area contributed by atoms with Crippen LogP contribution >= 0.6 is 0 Å². The molecule has 1 aromatic carbocycles. The first-order valence-electron chi connectivity index (χ1n) is 7.23. The number of benzene rings is 1. The Balaban J connectivity index is 3.37. The molecule has 0 atom stereocenters. The minimum atomic E-state index is -3.61. The zero-order valence-electron chi connectivity index (χ0n) is 13.5. The van der Waals surface area contributed by atoms with Crippen molar-refractivity contribution in [3.05, 3.63) is 23.3 Å². The molecule has 5 nitrogen and oxygen atoms in total. The molecular weight excluding hydrogens is 288 g/mol. The van der Waals surface area contributed by atoms with Gasteiger partial charge in [0, 0.05) is 24.8 Å². The van der Waals surface area contributed by atoms with Gasteiger partial charge < -0.3 is 10.4 Å². The molecule has 0 aliphatic carbocycles. The van der Waals surface area contributed by atoms with E-state index in [-0.39, 0.29) is 19.2 Å². The molecule has 0 heterocycles. The highest BCUT2D eigenvalue weighted by atomic mass is 32.2. The lowest BCUT2D eigenvalue weighted by Crippen LogP contribution is -2.39. The lowest BCUT2D eigenvalue weighted by molar-refractivity contribution is 0.236. The Morgan fingerprint density at radius 2 is 1.76 bits per heavy atom. The summed E-state index contributed by atoms with van der Waals surface area (Å²) in [6, 6.07) is 3.50. The monoisotopic (exact) mass is 314 g/mol. The molecule has 0 amide bonds. The molecule has 120 valence electrons. The van der Waals surface area contributed by atoms with Crippen LogP contribution in [0.15, 0.2) is 17.0 Å². The van der Waals surface area contributed by atoms with Gasteiger partial charge in [-0.1, -0.05) is 0 Å². The topological polar surface area (TPSA) is 69.6 Å². The summed E-state index contributed by atoms with van der Waals surface area (Å²) in [4.78, 5) is 0.339. The first-order valence-corrected chi connectivity index (χ1v) is 8.67. The lowest BCUT2D eigenvalue weighted by atomic mass is 10.1. The predicted octanol–water partition coefficient (Wildman–Crippen LogP) is 2.13. The number of aliphatic hydroxyl groups is 1. The summed E-state index contributed by atoms with van der Waals surface area (Å²) >= 11 is 0. The fraction of sp³-hybridized carbons (Fsp3) is 0.600. The van der Waals surface area contributed by atoms with Gasteiger partial charge >= 0.3 is 0 Å². The van der Waals surface area contributed by atoms with Crippen LogP contribution < -0.4 is 5.32 Å². The van der Waals surface area contributed by atoms with E-state index in [0.29, 0.717) is 4.90 Å². The van der Waals surface area contributed by atoms with Crippen molar-refractivity contribution in [1.82, 2.24) is 4.31 Å². The Morgan fingerprint density at radius 1 is 1.24 bits per heavy atom. The Bertz CT molecular complexity index is 560. The van der Waals surface area contributed by atoms with Crippen LogP contribution in [0.5, 0.6) is 0 Å². The van der Waals surface area contributed by atoms with Crippen LogP contribution in [0.1, 0.15) is 31.9 Å². The number of anilines is 1. The molecule has 0 radical (unpaired) electrons. The third-order valence-electron chi connectivity index (χ3n) is 3.30. The van der Waals surface area contributed by atoms with Crippen molar-refractivity contribution in [3.8, 4) is 0 Å². The van der Waals surface area contributed by atoms with E-state index in [1.807, 2.05) is 32.9 Å². The van der Waals surface area contributed by atoms with Crippen molar-refractivity contribution in [1.29, 1.82) is 0 Å². The summed E-state index contributed by atoms with van der Waals surface area (Å²) in [6.07, 6.45) is 0. The SMILES string of the molecule is CCNc1cc(C)c(S(=O)(=O)N(CCO)C(C)C)c(C)c1. The summed E-state index contributed by atoms with van der Waals surface area (Å²) in [5, 5.41) is 12.3. The molecule has 6 heteroatoms. The number of rotatable bonds is 7. The van der Waals surface area contributed by atoms with Gasteiger partial charge in [-0.2, -0.15) is 4.31 Å². The van der Waals surface area contributed by atoms with Crippen LogP contribution in [0.25, 0.3) is 0 Å². The molecule has 0 spiro atoms. The third kappa shape index (κ3) is 3.96. The molecule has 0 aliphatic rings. The maximum atomic E-state index is 12.9. The number of nitrogens with one attached hydrogen (secondary N) is 1. The molecular formula is C15H26N2O3S. The van der Waals surface area contributed by atoms with E-state index in [1.54, 1.807) is 13.8 Å². The van der Waals surface area contributed by atoms with Gasteiger partial charge in [-0.25, -0.2) is 8.42 Å². The average molecular weight is 314 g/mol. The van der Waals surface area contributed by atoms with E-state index in [1.165, 1.54) is 4.31 Å². The van der Waals surface area contributed by atoms with Gasteiger partial charge in [-0.15, -0.1) is 0 Å². The fourth-order valence-corrected chi connectivity index (χ4v) is 4.58. The second-order valence-electron chi connectivity index (χ2n) is 5.40. The summed E-state index contributed by atoms with van der Waals surface area (Å²) < 4.78 is 27.1. The quantitative estimate of drug-likeness (QED) is 0.809. The van der Waals surface area contributed by atoms with E-state index in [0.717, 1.165) is 23.4 Å². The standard InChI is InChI=1S/C15H26N2O3S/c1-6-16-14-9-12(4)15(13(5)10-14)21(19,20)17(7-8-18)11(2)3/h9-11,16,18H,6-8H2,1-5H3. The first kappa shape index (κ1) is 17.9. The Hall–Kier alpha value is -1.11. The van der Waals surface area contributed by atoms with Gasteiger partial charge in [0.2, 0.25) is 10.0 Å². The average Bonchev–Trinajstić information content (AvgIpc) is 2.34. The Labute approximate surface area is 128 Å². The van der Waals surface area contributed by atoms with Gasteiger partial charge in [0.1, 0.15) is 0 Å². The van der Waals surface area contributed by atoms with E-state index in [2.05, 4.69) is 5.32 Å². The van der Waals surface area contributed by atoms with Crippen LogP contribution in [0, 0.1) is 13.8 Å². The van der Waals surface area contributed by atoms with Crippen LogP contribution in [0.4, 0.5) is 5.69 Å². The summed E-state index contributed by atoms with van der Waals surface area (Å²) in [7, 11) is -3.61. The van der Waals surface area contributed by atoms with Gasteiger partial charge in [0.05, 0.1) is 11.5 Å². The molecule has 0 fully saturated rings. The third-order valence-corrected chi connectivity index (χ3v) is 5.69. The van der Waals surface area contributed by atoms with Crippen molar-refractivity contribution < 1.29 is 13.5 Å². The van der Waals surface area contributed by atoms with Crippen molar-refractivity contribution >= 4 is 15.7 Å². The highest BCUT2D eigenvalue weighted by Crippen LogP contribution is 2.28. The molecule has 0 aliphatic heterocycles. The molecule has 0 saturated carbocycles. The lowest BCUT2D eigenvalue weighted by Gasteiger charge is -2.27. The molecule has 0 bridgehead atoms. The van der Waals surface area contributed by atoms with E-state index in [4.69, 9.17) is 5.11 Å². The molecule has 0 unspecified atom stereocenters. The molecule has 0 saturated heterocycles. The Morgan fingerprint density at radius 3 is 2.14 bits per heavy atom. The Kier molecular flexibility index (Phi) is 6.19. The van der Waals surface area contributed by atoms with Crippen LogP contribution in [-0.4, -0.2) is 43.6 Å². The smallest absolute Gasteiger partial charge is 0.243 e. The summed E-state index contributed by atoms with van der Waals surface area (Å²) in [6.45, 7) is 9.93. The normalized spacial score (nSPS) is 12.2. The van der Waals surface area contributed by atoms with Crippen molar-refractivity contribution in [2.24, 2.45) is 0 Å². The predicted molar refractivity (Wildman–Crippen MR) is 86.2 cm³/mol. The van der Waals surface area contributed by atoms with E-state index in [9.17, 15) is 8.42 Å². The highest BCUT2D eigenvalue weighted by molar-refractivity contribution is 7.89. The number of aryl methyl sites for hydroxylation is 2. The zero-order valence-corrected chi connectivity index (χ0v) is 14.3. The molecule has 0 aromatic heterocycles. The molecule has 21 heavy (non-hydrogen) atoms. The first-order chi connectivity index (χ1) is 9.75. The second kappa shape index (κ2) is 7.24. The number of nitrogens with zero attached hydrogens (tertiary/aromatic N) is 1. The summed E-state index contributed by atoms with van der Waals surface area (Å²) in [5.74, 6) is 0. The zero-order chi connectivity index (χ0) is 16.2. The number of sulfonamides is 1. The summed E-state index contributed by atoms with van der Waals surface area (Å²) in [5.41, 5.74) is 2.36. The minimum absolute atomic E-state index is 0.105. The van der Waals surface area contributed by atoms with Gasteiger partial charge in [-0.3, -0.25) is 0 Å². The second-order valence-corrected chi connectivity index (χ2v) is 7.23. The van der Waals surface area contributed by atoms with Gasteiger partial charge in [-0.05, 0) is 57.9 Å². The largest absolute Gasteiger partial charge is 0.395 e. The fourth-order valence-electron chi connectivity index (χ4n) is 2.54. The van der Waals surface area contributed by atoms with Crippen molar-refractivity contribution in [2.45, 2.75) is 45.6 Å². The number of hydrogen-bond donors (Lipinski definition) is 2. The molecule has 2 N–H and O–H groups in total. The molecule has 1 rings (SSSR count). The van der Waals surface area contributed by atoms with E-state index >= 15 is 0 Å². The van der Waals surface area contributed by atoms with E-state index < -0.39 is 10.0 Å². The van der Waals surface area contributed by atoms with Gasteiger partial charge in [0.15, 0.2) is 0 Å². The van der Waals surface area contributed by atoms with Crippen LogP contribution in [-0.2, 0) is 10.0 Å². The number of aliphatic hydroxyl groups excluding tert-OH is 1. The van der Waals surface area contributed by atoms with Crippen LogP contribution in [0.3, 0.4) is 0 Å². The highest BCUT2D eigenvalue weighted by Gasteiger charge is 2.29. The minimum Gasteiger partial charge on any atom is -0.395 e. The van der Waals surface area contributed by atoms with Gasteiger partial charge in [0.25, 0.3) is 0 Å². The van der Waals surface area contributed by atoms with Crippen molar-refractivity contribution in [2.75, 3.05) is 25.0 Å². The van der Waals surface area contributed by atoms with Crippen molar-refractivity contribution in [3.63, 3.8) is 0 Å². The maximum absolute atomic E-state index is 12.9.